The van der Waals surface area contributed by atoms with E-state index in [1.807, 2.05) is 72.8 Å². The maximum absolute atomic E-state index is 13.8. The molecule has 0 spiro atoms. The van der Waals surface area contributed by atoms with Gasteiger partial charge >= 0.3 is 6.03 Å². The lowest BCUT2D eigenvalue weighted by atomic mass is 9.73. The molecule has 0 saturated carbocycles. The van der Waals surface area contributed by atoms with E-state index in [4.69, 9.17) is 0 Å². The molecule has 33 heavy (non-hydrogen) atoms. The number of pyridine rings is 1. The minimum absolute atomic E-state index is 0.0490. The fraction of sp³-hybridized carbons (Fsp3) is 0.222. The number of benzene rings is 2. The zero-order valence-corrected chi connectivity index (χ0v) is 18.7. The molecule has 0 radical (unpaired) electrons. The Morgan fingerprint density at radius 2 is 1.70 bits per heavy atom. The van der Waals surface area contributed by atoms with Gasteiger partial charge in [0, 0.05) is 29.6 Å². The number of amides is 2. The Morgan fingerprint density at radius 3 is 2.42 bits per heavy atom. The summed E-state index contributed by atoms with van der Waals surface area (Å²) in [5.74, 6) is 0.535. The molecule has 1 atom stereocenters. The number of carbonyl (C=O) groups excluding carboxylic acids is 2. The van der Waals surface area contributed by atoms with Gasteiger partial charge < -0.3 is 10.6 Å². The third-order valence-corrected chi connectivity index (χ3v) is 6.11. The van der Waals surface area contributed by atoms with Crippen LogP contribution in [0.1, 0.15) is 38.3 Å². The number of hydrogen-bond acceptors (Lipinski definition) is 4. The summed E-state index contributed by atoms with van der Waals surface area (Å²) < 4.78 is 0. The number of nitrogens with zero attached hydrogens (tertiary/aromatic N) is 2. The normalized spacial score (nSPS) is 19.2. The second kappa shape index (κ2) is 8.20. The molecule has 1 aromatic heterocycles. The number of Topliss-reactive ketones (excluding diaryl/α,β-unsaturated/α-hetero) is 1. The quantitative estimate of drug-likeness (QED) is 0.520. The van der Waals surface area contributed by atoms with E-state index in [0.717, 1.165) is 11.3 Å². The highest BCUT2D eigenvalue weighted by atomic mass is 16.2. The minimum Gasteiger partial charge on any atom is -0.355 e. The van der Waals surface area contributed by atoms with Crippen LogP contribution in [-0.2, 0) is 4.79 Å². The Kier molecular flexibility index (Phi) is 5.21. The highest BCUT2D eigenvalue weighted by molar-refractivity contribution is 6.08. The second-order valence-corrected chi connectivity index (χ2v) is 9.31. The summed E-state index contributed by atoms with van der Waals surface area (Å²) in [7, 11) is 0. The van der Waals surface area contributed by atoms with Crippen molar-refractivity contribution in [3.05, 3.63) is 95.8 Å². The fourth-order valence-corrected chi connectivity index (χ4v) is 4.73. The molecule has 6 heteroatoms. The molecule has 166 valence electrons. The van der Waals surface area contributed by atoms with Crippen molar-refractivity contribution in [1.82, 2.24) is 4.98 Å². The first-order valence-electron chi connectivity index (χ1n) is 11.1. The average Bonchev–Trinajstić information content (AvgIpc) is 2.94. The van der Waals surface area contributed by atoms with Crippen LogP contribution < -0.4 is 15.5 Å². The number of rotatable bonds is 2. The maximum atomic E-state index is 13.8. The number of urea groups is 1. The topological polar surface area (TPSA) is 74.3 Å². The van der Waals surface area contributed by atoms with Gasteiger partial charge in [0.25, 0.3) is 0 Å². The Balaban J connectivity index is 1.71. The lowest BCUT2D eigenvalue weighted by Crippen LogP contribution is -2.42. The van der Waals surface area contributed by atoms with Crippen LogP contribution in [0.3, 0.4) is 0 Å². The van der Waals surface area contributed by atoms with Gasteiger partial charge in [0.05, 0.1) is 11.7 Å². The van der Waals surface area contributed by atoms with Crippen LogP contribution in [0, 0.1) is 5.41 Å². The van der Waals surface area contributed by atoms with Crippen molar-refractivity contribution in [2.75, 3.05) is 15.5 Å². The minimum atomic E-state index is -0.600. The number of fused-ring (bicyclic) bond motifs is 1. The zero-order chi connectivity index (χ0) is 23.0. The number of nitrogens with one attached hydrogen (secondary N) is 2. The third kappa shape index (κ3) is 4.00. The maximum Gasteiger partial charge on any atom is 0.328 e. The predicted molar refractivity (Wildman–Crippen MR) is 130 cm³/mol. The van der Waals surface area contributed by atoms with Gasteiger partial charge in [-0.3, -0.25) is 9.69 Å². The fourth-order valence-electron chi connectivity index (χ4n) is 4.73. The van der Waals surface area contributed by atoms with Gasteiger partial charge in [0.2, 0.25) is 0 Å². The molecule has 1 aliphatic heterocycles. The lowest BCUT2D eigenvalue weighted by Gasteiger charge is -2.36. The second-order valence-electron chi connectivity index (χ2n) is 9.31. The highest BCUT2D eigenvalue weighted by Gasteiger charge is 2.43. The molecule has 2 aliphatic rings. The first kappa shape index (κ1) is 20.9. The van der Waals surface area contributed by atoms with Crippen molar-refractivity contribution in [1.29, 1.82) is 0 Å². The van der Waals surface area contributed by atoms with E-state index in [1.54, 1.807) is 11.1 Å². The van der Waals surface area contributed by atoms with Crippen LogP contribution in [0.4, 0.5) is 22.0 Å². The van der Waals surface area contributed by atoms with E-state index in [9.17, 15) is 9.59 Å². The summed E-state index contributed by atoms with van der Waals surface area (Å²) in [5.41, 5.74) is 3.55. The van der Waals surface area contributed by atoms with Crippen LogP contribution in [0.2, 0.25) is 0 Å². The standard InChI is InChI=1S/C27H26N4O2/c1-27(2)16-21-23(22(32)17-27)24(18-10-5-3-6-11-18)31(25-20(30-21)14-9-15-28-25)26(33)29-19-12-7-4-8-13-19/h3-15,24,30H,16-17H2,1-2H3,(H,29,33). The summed E-state index contributed by atoms with van der Waals surface area (Å²) in [4.78, 5) is 33.6. The molecule has 1 aliphatic carbocycles. The molecule has 6 nitrogen and oxygen atoms in total. The largest absolute Gasteiger partial charge is 0.355 e. The van der Waals surface area contributed by atoms with E-state index >= 15 is 0 Å². The van der Waals surface area contributed by atoms with Gasteiger partial charge in [-0.15, -0.1) is 0 Å². The molecule has 2 amide bonds. The number of carbonyl (C=O) groups is 2. The average molecular weight is 439 g/mol. The van der Waals surface area contributed by atoms with Crippen molar-refractivity contribution >= 4 is 29.0 Å². The molecular weight excluding hydrogens is 412 g/mol. The van der Waals surface area contributed by atoms with Crippen LogP contribution in [0.5, 0.6) is 0 Å². The number of hydrogen-bond donors (Lipinski definition) is 2. The van der Waals surface area contributed by atoms with Gasteiger partial charge in [-0.05, 0) is 41.7 Å². The van der Waals surface area contributed by atoms with Crippen molar-refractivity contribution in [2.45, 2.75) is 32.7 Å². The molecule has 2 aromatic carbocycles. The summed E-state index contributed by atoms with van der Waals surface area (Å²) >= 11 is 0. The van der Waals surface area contributed by atoms with Gasteiger partial charge in [-0.2, -0.15) is 0 Å². The number of aromatic nitrogens is 1. The first-order chi connectivity index (χ1) is 15.9. The Bertz CT molecular complexity index is 1240. The monoisotopic (exact) mass is 438 g/mol. The highest BCUT2D eigenvalue weighted by Crippen LogP contribution is 2.47. The summed E-state index contributed by atoms with van der Waals surface area (Å²) in [5, 5.41) is 6.46. The molecule has 1 unspecified atom stereocenters. The first-order valence-corrected chi connectivity index (χ1v) is 11.1. The van der Waals surface area contributed by atoms with Gasteiger partial charge in [-0.25, -0.2) is 9.78 Å². The van der Waals surface area contributed by atoms with Gasteiger partial charge in [-0.1, -0.05) is 62.4 Å². The number of anilines is 3. The predicted octanol–water partition coefficient (Wildman–Crippen LogP) is 5.93. The zero-order valence-electron chi connectivity index (χ0n) is 18.7. The summed E-state index contributed by atoms with van der Waals surface area (Å²) in [6, 6.07) is 21.8. The SMILES string of the molecule is CC1(C)CC(=O)C2=C(C1)Nc1cccnc1N(C(=O)Nc1ccccc1)C2c1ccccc1. The van der Waals surface area contributed by atoms with Gasteiger partial charge in [0.1, 0.15) is 0 Å². The molecule has 0 saturated heterocycles. The van der Waals surface area contributed by atoms with E-state index < -0.39 is 6.04 Å². The van der Waals surface area contributed by atoms with Crippen molar-refractivity contribution in [3.8, 4) is 0 Å². The Labute approximate surface area is 193 Å². The lowest BCUT2D eigenvalue weighted by molar-refractivity contribution is -0.118. The van der Waals surface area contributed by atoms with E-state index in [0.29, 0.717) is 35.6 Å². The van der Waals surface area contributed by atoms with Crippen LogP contribution in [0.15, 0.2) is 90.3 Å². The molecule has 0 fully saturated rings. The Morgan fingerprint density at radius 1 is 1.00 bits per heavy atom. The van der Waals surface area contributed by atoms with Crippen molar-refractivity contribution < 1.29 is 9.59 Å². The van der Waals surface area contributed by atoms with Crippen LogP contribution >= 0.6 is 0 Å². The molecular formula is C27H26N4O2. The molecule has 3 aromatic rings. The number of ketones is 1. The van der Waals surface area contributed by atoms with Gasteiger partial charge in [0.15, 0.2) is 11.6 Å². The number of allylic oxidation sites excluding steroid dienone is 1. The van der Waals surface area contributed by atoms with Crippen LogP contribution in [-0.4, -0.2) is 16.8 Å². The van der Waals surface area contributed by atoms with E-state index in [1.165, 1.54) is 0 Å². The third-order valence-electron chi connectivity index (χ3n) is 6.11. The molecule has 5 rings (SSSR count). The van der Waals surface area contributed by atoms with E-state index in [2.05, 4.69) is 29.5 Å². The molecule has 2 N–H and O–H groups in total. The molecule has 0 bridgehead atoms. The van der Waals surface area contributed by atoms with Crippen molar-refractivity contribution in [2.24, 2.45) is 5.41 Å². The summed E-state index contributed by atoms with van der Waals surface area (Å²) in [6.07, 6.45) is 2.80. The number of para-hydroxylation sites is 1. The molecule has 2 heterocycles. The van der Waals surface area contributed by atoms with Crippen molar-refractivity contribution in [3.63, 3.8) is 0 Å². The van der Waals surface area contributed by atoms with Crippen LogP contribution in [0.25, 0.3) is 0 Å². The Hall–Kier alpha value is -3.93. The summed E-state index contributed by atoms with van der Waals surface area (Å²) in [6.45, 7) is 4.20. The van der Waals surface area contributed by atoms with E-state index in [-0.39, 0.29) is 17.2 Å². The smallest absolute Gasteiger partial charge is 0.328 e.